The third-order valence-corrected chi connectivity index (χ3v) is 4.66. The molecule has 0 radical (unpaired) electrons. The van der Waals surface area contributed by atoms with E-state index in [-0.39, 0.29) is 11.8 Å². The summed E-state index contributed by atoms with van der Waals surface area (Å²) >= 11 is 1.86. The number of rotatable bonds is 4. The van der Waals surface area contributed by atoms with E-state index in [2.05, 4.69) is 15.3 Å². The molecule has 0 spiro atoms. The molecule has 2 amide bonds. The fourth-order valence-corrected chi connectivity index (χ4v) is 3.25. The van der Waals surface area contributed by atoms with Crippen LogP contribution < -0.4 is 5.32 Å². The van der Waals surface area contributed by atoms with Gasteiger partial charge in [-0.25, -0.2) is 9.97 Å². The lowest BCUT2D eigenvalue weighted by atomic mass is 10.3. The number of carbonyl (C=O) groups excluding carboxylic acids is 2. The molecule has 1 fully saturated rings. The summed E-state index contributed by atoms with van der Waals surface area (Å²) in [7, 11) is 0. The highest BCUT2D eigenvalue weighted by molar-refractivity contribution is 7.99. The van der Waals surface area contributed by atoms with Crippen LogP contribution in [0.4, 0.5) is 5.69 Å². The standard InChI is InChI=1S/C16H19N5O2S/c1-2-15(22)19-12-3-4-14(17-9-12)21-10-13(18-11-21)16(23)20-5-7-24-8-6-20/h3-4,9-11H,2,5-8H2,1H3,(H,19,22). The molecule has 2 aromatic rings. The average molecular weight is 345 g/mol. The largest absolute Gasteiger partial charge is 0.336 e. The minimum absolute atomic E-state index is 0.0409. The second-order valence-electron chi connectivity index (χ2n) is 5.38. The molecule has 0 saturated carbocycles. The van der Waals surface area contributed by atoms with Crippen molar-refractivity contribution in [2.24, 2.45) is 0 Å². The minimum Gasteiger partial charge on any atom is -0.336 e. The zero-order valence-electron chi connectivity index (χ0n) is 13.4. The molecule has 0 unspecified atom stereocenters. The van der Waals surface area contributed by atoms with Crippen molar-refractivity contribution in [3.63, 3.8) is 0 Å². The molecule has 0 bridgehead atoms. The van der Waals surface area contributed by atoms with Crippen molar-refractivity contribution in [2.75, 3.05) is 29.9 Å². The monoisotopic (exact) mass is 345 g/mol. The van der Waals surface area contributed by atoms with Gasteiger partial charge in [0, 0.05) is 37.2 Å². The van der Waals surface area contributed by atoms with E-state index < -0.39 is 0 Å². The minimum atomic E-state index is -0.0558. The highest BCUT2D eigenvalue weighted by Gasteiger charge is 2.20. The van der Waals surface area contributed by atoms with Crippen LogP contribution in [0, 0.1) is 0 Å². The van der Waals surface area contributed by atoms with Gasteiger partial charge in [0.05, 0.1) is 11.9 Å². The maximum atomic E-state index is 12.4. The average Bonchev–Trinajstić information content (AvgIpc) is 3.12. The molecule has 7 nitrogen and oxygen atoms in total. The molecule has 8 heteroatoms. The van der Waals surface area contributed by atoms with Crippen LogP contribution in [0.15, 0.2) is 30.9 Å². The topological polar surface area (TPSA) is 80.1 Å². The Morgan fingerprint density at radius 1 is 1.25 bits per heavy atom. The fourth-order valence-electron chi connectivity index (χ4n) is 2.35. The maximum absolute atomic E-state index is 12.4. The fraction of sp³-hybridized carbons (Fsp3) is 0.375. The van der Waals surface area contributed by atoms with Crippen LogP contribution in [0.2, 0.25) is 0 Å². The number of imidazole rings is 1. The van der Waals surface area contributed by atoms with Gasteiger partial charge in [0.15, 0.2) is 0 Å². The normalized spacial score (nSPS) is 14.5. The Hall–Kier alpha value is -2.35. The van der Waals surface area contributed by atoms with Crippen LogP contribution in [-0.2, 0) is 4.79 Å². The predicted octanol–water partition coefficient (Wildman–Crippen LogP) is 1.80. The number of hydrogen-bond acceptors (Lipinski definition) is 5. The Morgan fingerprint density at radius 2 is 2.04 bits per heavy atom. The molecular weight excluding hydrogens is 326 g/mol. The number of pyridine rings is 1. The van der Waals surface area contributed by atoms with Crippen molar-refractivity contribution in [1.82, 2.24) is 19.4 Å². The number of nitrogens with zero attached hydrogens (tertiary/aromatic N) is 4. The summed E-state index contributed by atoms with van der Waals surface area (Å²) in [6.45, 7) is 3.32. The van der Waals surface area contributed by atoms with Crippen molar-refractivity contribution in [3.8, 4) is 5.82 Å². The van der Waals surface area contributed by atoms with Gasteiger partial charge in [-0.1, -0.05) is 6.92 Å². The number of thioether (sulfide) groups is 1. The Kier molecular flexibility index (Phi) is 5.14. The van der Waals surface area contributed by atoms with Crippen LogP contribution in [0.1, 0.15) is 23.8 Å². The highest BCUT2D eigenvalue weighted by atomic mass is 32.2. The molecule has 126 valence electrons. The molecular formula is C16H19N5O2S. The first-order chi connectivity index (χ1) is 11.7. The first-order valence-electron chi connectivity index (χ1n) is 7.84. The molecule has 24 heavy (non-hydrogen) atoms. The Balaban J connectivity index is 1.70. The van der Waals surface area contributed by atoms with Crippen molar-refractivity contribution in [2.45, 2.75) is 13.3 Å². The summed E-state index contributed by atoms with van der Waals surface area (Å²) < 4.78 is 1.71. The second-order valence-corrected chi connectivity index (χ2v) is 6.60. The van der Waals surface area contributed by atoms with Gasteiger partial charge in [-0.3, -0.25) is 14.2 Å². The van der Waals surface area contributed by atoms with E-state index in [1.54, 1.807) is 42.3 Å². The number of carbonyl (C=O) groups is 2. The zero-order chi connectivity index (χ0) is 16.9. The quantitative estimate of drug-likeness (QED) is 0.914. The van der Waals surface area contributed by atoms with E-state index in [4.69, 9.17) is 0 Å². The Labute approximate surface area is 144 Å². The number of hydrogen-bond donors (Lipinski definition) is 1. The molecule has 0 aliphatic carbocycles. The molecule has 1 saturated heterocycles. The molecule has 3 heterocycles. The van der Waals surface area contributed by atoms with E-state index in [1.807, 2.05) is 16.7 Å². The zero-order valence-corrected chi connectivity index (χ0v) is 14.3. The molecule has 1 N–H and O–H groups in total. The Bertz CT molecular complexity index is 722. The second kappa shape index (κ2) is 7.48. The van der Waals surface area contributed by atoms with Gasteiger partial charge in [0.25, 0.3) is 5.91 Å². The van der Waals surface area contributed by atoms with Crippen LogP contribution >= 0.6 is 11.8 Å². The van der Waals surface area contributed by atoms with E-state index in [0.29, 0.717) is 23.6 Å². The van der Waals surface area contributed by atoms with Gasteiger partial charge in [0.2, 0.25) is 5.91 Å². The summed E-state index contributed by atoms with van der Waals surface area (Å²) in [4.78, 5) is 34.1. The number of nitrogens with one attached hydrogen (secondary N) is 1. The van der Waals surface area contributed by atoms with Gasteiger partial charge >= 0.3 is 0 Å². The lowest BCUT2D eigenvalue weighted by Gasteiger charge is -2.25. The molecule has 2 aromatic heterocycles. The van der Waals surface area contributed by atoms with Crippen molar-refractivity contribution >= 4 is 29.3 Å². The summed E-state index contributed by atoms with van der Waals surface area (Å²) in [5.74, 6) is 2.49. The first kappa shape index (κ1) is 16.5. The van der Waals surface area contributed by atoms with E-state index in [9.17, 15) is 9.59 Å². The van der Waals surface area contributed by atoms with Gasteiger partial charge in [-0.05, 0) is 12.1 Å². The van der Waals surface area contributed by atoms with Gasteiger partial charge < -0.3 is 10.2 Å². The van der Waals surface area contributed by atoms with Crippen LogP contribution in [0.3, 0.4) is 0 Å². The summed E-state index contributed by atoms with van der Waals surface area (Å²) in [6, 6.07) is 3.55. The molecule has 1 aliphatic heterocycles. The lowest BCUT2D eigenvalue weighted by Crippen LogP contribution is -2.38. The molecule has 3 rings (SSSR count). The van der Waals surface area contributed by atoms with Gasteiger partial charge in [0.1, 0.15) is 17.8 Å². The molecule has 0 aromatic carbocycles. The van der Waals surface area contributed by atoms with Crippen LogP contribution in [-0.4, -0.2) is 55.8 Å². The van der Waals surface area contributed by atoms with Crippen LogP contribution in [0.5, 0.6) is 0 Å². The summed E-state index contributed by atoms with van der Waals surface area (Å²) in [6.07, 6.45) is 5.28. The first-order valence-corrected chi connectivity index (χ1v) is 9.00. The smallest absolute Gasteiger partial charge is 0.274 e. The van der Waals surface area contributed by atoms with E-state index in [1.165, 1.54) is 0 Å². The third kappa shape index (κ3) is 3.76. The van der Waals surface area contributed by atoms with Crippen molar-refractivity contribution in [3.05, 3.63) is 36.5 Å². The third-order valence-electron chi connectivity index (χ3n) is 3.72. The number of aromatic nitrogens is 3. The molecule has 0 atom stereocenters. The van der Waals surface area contributed by atoms with Crippen molar-refractivity contribution < 1.29 is 9.59 Å². The van der Waals surface area contributed by atoms with Gasteiger partial charge in [-0.15, -0.1) is 0 Å². The van der Waals surface area contributed by atoms with Gasteiger partial charge in [-0.2, -0.15) is 11.8 Å². The van der Waals surface area contributed by atoms with Crippen molar-refractivity contribution in [1.29, 1.82) is 0 Å². The highest BCUT2D eigenvalue weighted by Crippen LogP contribution is 2.14. The predicted molar refractivity (Wildman–Crippen MR) is 93.5 cm³/mol. The number of amides is 2. The maximum Gasteiger partial charge on any atom is 0.274 e. The SMILES string of the molecule is CCC(=O)Nc1ccc(-n2cnc(C(=O)N3CCSCC3)c2)nc1. The Morgan fingerprint density at radius 3 is 2.71 bits per heavy atom. The summed E-state index contributed by atoms with van der Waals surface area (Å²) in [5, 5.41) is 2.75. The van der Waals surface area contributed by atoms with E-state index >= 15 is 0 Å². The van der Waals surface area contributed by atoms with E-state index in [0.717, 1.165) is 24.6 Å². The number of anilines is 1. The molecule has 1 aliphatic rings. The van der Waals surface area contributed by atoms with Crippen LogP contribution in [0.25, 0.3) is 5.82 Å². The summed E-state index contributed by atoms with van der Waals surface area (Å²) in [5.41, 5.74) is 1.07. The lowest BCUT2D eigenvalue weighted by molar-refractivity contribution is -0.115.